The Balaban J connectivity index is 1.21. The van der Waals surface area contributed by atoms with E-state index in [9.17, 15) is 4.39 Å². The molecule has 0 amide bonds. The Labute approximate surface area is 194 Å². The summed E-state index contributed by atoms with van der Waals surface area (Å²) in [5.74, 6) is 1.59. The van der Waals surface area contributed by atoms with E-state index in [1.807, 2.05) is 37.4 Å². The first-order valence-corrected chi connectivity index (χ1v) is 11.7. The summed E-state index contributed by atoms with van der Waals surface area (Å²) in [5.41, 5.74) is 4.66. The molecular formula is C26H30FN5O. The monoisotopic (exact) mass is 447 g/mol. The quantitative estimate of drug-likeness (QED) is 0.571. The molecule has 1 aromatic heterocycles. The average Bonchev–Trinajstić information content (AvgIpc) is 2.86. The van der Waals surface area contributed by atoms with Crippen LogP contribution >= 0.6 is 0 Å². The summed E-state index contributed by atoms with van der Waals surface area (Å²) in [5, 5.41) is 0. The van der Waals surface area contributed by atoms with E-state index in [1.165, 1.54) is 23.3 Å². The molecule has 0 bridgehead atoms. The minimum Gasteiger partial charge on any atom is -0.494 e. The standard InChI is InChI=1S/C26H30FN5O/c1-2-33-25-6-4-3-5-20(25)18-30-12-11-24-21(19-30)17-28-26(29-24)32-15-13-31(14-16-32)23-9-7-22(27)8-10-23/h3-10,17H,2,11-16,18-19H2,1H3. The third-order valence-corrected chi connectivity index (χ3v) is 6.42. The van der Waals surface area contributed by atoms with Gasteiger partial charge in [0.05, 0.1) is 12.3 Å². The molecule has 7 heteroatoms. The summed E-state index contributed by atoms with van der Waals surface area (Å²) in [6.45, 7) is 8.85. The Morgan fingerprint density at radius 3 is 2.48 bits per heavy atom. The van der Waals surface area contributed by atoms with Gasteiger partial charge in [-0.25, -0.2) is 14.4 Å². The first-order valence-electron chi connectivity index (χ1n) is 11.7. The van der Waals surface area contributed by atoms with Crippen molar-refractivity contribution in [3.8, 4) is 5.75 Å². The van der Waals surface area contributed by atoms with Crippen LogP contribution in [0, 0.1) is 5.82 Å². The van der Waals surface area contributed by atoms with E-state index < -0.39 is 0 Å². The van der Waals surface area contributed by atoms with E-state index in [0.29, 0.717) is 6.61 Å². The molecule has 0 radical (unpaired) electrons. The minimum atomic E-state index is -0.197. The van der Waals surface area contributed by atoms with E-state index >= 15 is 0 Å². The Hall–Kier alpha value is -3.19. The van der Waals surface area contributed by atoms with Crippen LogP contribution in [0.2, 0.25) is 0 Å². The molecule has 5 rings (SSSR count). The fourth-order valence-electron chi connectivity index (χ4n) is 4.64. The van der Waals surface area contributed by atoms with E-state index in [1.54, 1.807) is 0 Å². The molecule has 6 nitrogen and oxygen atoms in total. The zero-order valence-corrected chi connectivity index (χ0v) is 19.1. The number of ether oxygens (including phenoxy) is 1. The summed E-state index contributed by atoms with van der Waals surface area (Å²) in [6.07, 6.45) is 2.93. The first-order chi connectivity index (χ1) is 16.2. The average molecular weight is 448 g/mol. The number of anilines is 2. The topological polar surface area (TPSA) is 44.7 Å². The molecular weight excluding hydrogens is 417 g/mol. The van der Waals surface area contributed by atoms with Gasteiger partial charge in [0.15, 0.2) is 0 Å². The van der Waals surface area contributed by atoms with E-state index in [-0.39, 0.29) is 5.82 Å². The van der Waals surface area contributed by atoms with Crippen molar-refractivity contribution in [3.05, 3.63) is 77.4 Å². The second-order valence-corrected chi connectivity index (χ2v) is 8.59. The number of piperazine rings is 1. The highest BCUT2D eigenvalue weighted by Crippen LogP contribution is 2.25. The lowest BCUT2D eigenvalue weighted by atomic mass is 10.1. The van der Waals surface area contributed by atoms with Crippen molar-refractivity contribution in [2.45, 2.75) is 26.4 Å². The predicted molar refractivity (Wildman–Crippen MR) is 128 cm³/mol. The van der Waals surface area contributed by atoms with E-state index in [4.69, 9.17) is 14.7 Å². The van der Waals surface area contributed by atoms with Gasteiger partial charge in [-0.15, -0.1) is 0 Å². The molecule has 0 spiro atoms. The van der Waals surface area contributed by atoms with Gasteiger partial charge in [0.1, 0.15) is 11.6 Å². The molecule has 0 atom stereocenters. The van der Waals surface area contributed by atoms with E-state index in [0.717, 1.165) is 75.3 Å². The van der Waals surface area contributed by atoms with Crippen LogP contribution < -0.4 is 14.5 Å². The normalized spacial score (nSPS) is 16.5. The van der Waals surface area contributed by atoms with Crippen LogP contribution in [0.4, 0.5) is 16.0 Å². The number of rotatable bonds is 6. The summed E-state index contributed by atoms with van der Waals surface area (Å²) < 4.78 is 19.0. The molecule has 0 unspecified atom stereocenters. The van der Waals surface area contributed by atoms with E-state index in [2.05, 4.69) is 26.8 Å². The van der Waals surface area contributed by atoms with Crippen LogP contribution in [-0.4, -0.2) is 54.2 Å². The maximum atomic E-state index is 13.2. The summed E-state index contributed by atoms with van der Waals surface area (Å²) in [6, 6.07) is 15.0. The maximum absolute atomic E-state index is 13.2. The van der Waals surface area contributed by atoms with Gasteiger partial charge in [0, 0.05) is 75.2 Å². The number of hydrogen-bond acceptors (Lipinski definition) is 6. The van der Waals surface area contributed by atoms with Gasteiger partial charge in [-0.1, -0.05) is 18.2 Å². The van der Waals surface area contributed by atoms with Crippen molar-refractivity contribution in [1.82, 2.24) is 14.9 Å². The Morgan fingerprint density at radius 2 is 1.70 bits per heavy atom. The van der Waals surface area contributed by atoms with Crippen molar-refractivity contribution in [2.75, 3.05) is 49.1 Å². The van der Waals surface area contributed by atoms with Crippen LogP contribution in [0.3, 0.4) is 0 Å². The third kappa shape index (κ3) is 4.93. The van der Waals surface area contributed by atoms with Crippen molar-refractivity contribution in [3.63, 3.8) is 0 Å². The number of para-hydroxylation sites is 1. The second kappa shape index (κ2) is 9.75. The lowest BCUT2D eigenvalue weighted by Gasteiger charge is -2.36. The molecule has 0 saturated carbocycles. The minimum absolute atomic E-state index is 0.197. The van der Waals surface area contributed by atoms with Crippen LogP contribution in [0.15, 0.2) is 54.7 Å². The number of hydrogen-bond donors (Lipinski definition) is 0. The molecule has 2 aliphatic heterocycles. The first kappa shape index (κ1) is 21.6. The van der Waals surface area contributed by atoms with Crippen LogP contribution in [0.25, 0.3) is 0 Å². The van der Waals surface area contributed by atoms with Crippen molar-refractivity contribution in [2.24, 2.45) is 0 Å². The van der Waals surface area contributed by atoms with Gasteiger partial charge in [-0.2, -0.15) is 0 Å². The Morgan fingerprint density at radius 1 is 0.939 bits per heavy atom. The van der Waals surface area contributed by atoms with Gasteiger partial charge in [0.2, 0.25) is 5.95 Å². The SMILES string of the molecule is CCOc1ccccc1CN1CCc2nc(N3CCN(c4ccc(F)cc4)CC3)ncc2C1. The number of benzene rings is 2. The summed E-state index contributed by atoms with van der Waals surface area (Å²) in [4.78, 5) is 16.6. The number of nitrogens with zero attached hydrogens (tertiary/aromatic N) is 5. The molecule has 3 heterocycles. The smallest absolute Gasteiger partial charge is 0.225 e. The molecule has 0 N–H and O–H groups in total. The number of aromatic nitrogens is 2. The molecule has 0 aliphatic carbocycles. The van der Waals surface area contributed by atoms with Gasteiger partial charge in [0.25, 0.3) is 0 Å². The largest absolute Gasteiger partial charge is 0.494 e. The second-order valence-electron chi connectivity index (χ2n) is 8.59. The lowest BCUT2D eigenvalue weighted by Crippen LogP contribution is -2.47. The van der Waals surface area contributed by atoms with Gasteiger partial charge >= 0.3 is 0 Å². The maximum Gasteiger partial charge on any atom is 0.225 e. The Kier molecular flexibility index (Phi) is 6.39. The predicted octanol–water partition coefficient (Wildman–Crippen LogP) is 3.90. The molecule has 2 aliphatic rings. The highest BCUT2D eigenvalue weighted by atomic mass is 19.1. The van der Waals surface area contributed by atoms with Crippen molar-refractivity contribution >= 4 is 11.6 Å². The molecule has 33 heavy (non-hydrogen) atoms. The highest BCUT2D eigenvalue weighted by molar-refractivity contribution is 5.48. The lowest BCUT2D eigenvalue weighted by molar-refractivity contribution is 0.237. The Bertz CT molecular complexity index is 1080. The fraction of sp³-hybridized carbons (Fsp3) is 0.385. The van der Waals surface area contributed by atoms with Gasteiger partial charge in [-0.05, 0) is 37.3 Å². The van der Waals surface area contributed by atoms with Crippen molar-refractivity contribution in [1.29, 1.82) is 0 Å². The molecule has 1 saturated heterocycles. The molecule has 1 fully saturated rings. The van der Waals surface area contributed by atoms with Gasteiger partial charge < -0.3 is 14.5 Å². The summed E-state index contributed by atoms with van der Waals surface area (Å²) in [7, 11) is 0. The van der Waals surface area contributed by atoms with Crippen LogP contribution in [0.1, 0.15) is 23.7 Å². The number of halogens is 1. The van der Waals surface area contributed by atoms with Crippen LogP contribution in [0.5, 0.6) is 5.75 Å². The molecule has 172 valence electrons. The van der Waals surface area contributed by atoms with Gasteiger partial charge in [-0.3, -0.25) is 4.90 Å². The molecule has 2 aromatic carbocycles. The zero-order chi connectivity index (χ0) is 22.6. The van der Waals surface area contributed by atoms with Crippen molar-refractivity contribution < 1.29 is 9.13 Å². The third-order valence-electron chi connectivity index (χ3n) is 6.42. The fourth-order valence-corrected chi connectivity index (χ4v) is 4.64. The highest BCUT2D eigenvalue weighted by Gasteiger charge is 2.23. The zero-order valence-electron chi connectivity index (χ0n) is 19.1. The number of fused-ring (bicyclic) bond motifs is 1. The molecule has 3 aromatic rings. The van der Waals surface area contributed by atoms with Crippen LogP contribution in [-0.2, 0) is 19.5 Å². The summed E-state index contributed by atoms with van der Waals surface area (Å²) >= 11 is 0.